The molecule has 8 heteroatoms. The van der Waals surface area contributed by atoms with Gasteiger partial charge < -0.3 is 19.5 Å². The van der Waals surface area contributed by atoms with Gasteiger partial charge in [0.1, 0.15) is 19.5 Å². The number of aromatic nitrogens is 2. The molecule has 22 heavy (non-hydrogen) atoms. The van der Waals surface area contributed by atoms with E-state index in [-0.39, 0.29) is 12.4 Å². The summed E-state index contributed by atoms with van der Waals surface area (Å²) in [7, 11) is 1.79. The molecule has 2 rings (SSSR count). The van der Waals surface area contributed by atoms with Crippen molar-refractivity contribution in [2.45, 2.75) is 26.9 Å². The van der Waals surface area contributed by atoms with E-state index in [2.05, 4.69) is 10.4 Å². The third-order valence-electron chi connectivity index (χ3n) is 3.26. The van der Waals surface area contributed by atoms with E-state index in [1.54, 1.807) is 18.7 Å². The molecule has 1 aliphatic heterocycles. The normalized spacial score (nSPS) is 15.2. The van der Waals surface area contributed by atoms with Crippen LogP contribution in [0.1, 0.15) is 18.3 Å². The number of carbonyl (C=O) groups excluding carboxylic acids is 2. The lowest BCUT2D eigenvalue weighted by molar-refractivity contribution is -0.153. The van der Waals surface area contributed by atoms with Crippen LogP contribution in [0.15, 0.2) is 12.0 Å². The summed E-state index contributed by atoms with van der Waals surface area (Å²) >= 11 is 0. The Morgan fingerprint density at radius 3 is 2.68 bits per heavy atom. The van der Waals surface area contributed by atoms with Crippen LogP contribution >= 0.6 is 0 Å². The van der Waals surface area contributed by atoms with Crippen molar-refractivity contribution in [2.75, 3.05) is 18.5 Å². The summed E-state index contributed by atoms with van der Waals surface area (Å²) in [6.07, 6.45) is 0.212. The highest BCUT2D eigenvalue weighted by Crippen LogP contribution is 2.19. The average molecular weight is 309 g/mol. The third kappa shape index (κ3) is 3.38. The first-order valence-electron chi connectivity index (χ1n) is 6.86. The number of hydrogen-bond donors (Lipinski definition) is 1. The van der Waals surface area contributed by atoms with Gasteiger partial charge in [-0.2, -0.15) is 5.10 Å². The Morgan fingerprint density at radius 1 is 1.41 bits per heavy atom. The van der Waals surface area contributed by atoms with Crippen LogP contribution in [0, 0.1) is 13.8 Å². The van der Waals surface area contributed by atoms with Gasteiger partial charge in [0.15, 0.2) is 6.10 Å². The fraction of sp³-hybridized carbons (Fsp3) is 0.500. The van der Waals surface area contributed by atoms with E-state index in [4.69, 9.17) is 14.2 Å². The molecule has 0 fully saturated rings. The van der Waals surface area contributed by atoms with Gasteiger partial charge in [0.2, 0.25) is 5.76 Å². The molecule has 1 aromatic rings. The van der Waals surface area contributed by atoms with E-state index < -0.39 is 18.0 Å². The van der Waals surface area contributed by atoms with Crippen molar-refractivity contribution in [3.8, 4) is 0 Å². The van der Waals surface area contributed by atoms with Gasteiger partial charge in [0.25, 0.3) is 5.91 Å². The fourth-order valence-corrected chi connectivity index (χ4v) is 1.93. The standard InChI is InChI=1S/C14H19N3O5/c1-8-12(9(2)17(4)16-8)15-13(18)10(3)22-14(19)11-7-20-5-6-21-11/h7,10H,5-6H2,1-4H3,(H,15,18)/t10-/m0/s1. The first-order chi connectivity index (χ1) is 10.4. The second kappa shape index (κ2) is 6.50. The first kappa shape index (κ1) is 15.9. The number of amides is 1. The van der Waals surface area contributed by atoms with Crippen molar-refractivity contribution < 1.29 is 23.8 Å². The minimum atomic E-state index is -0.974. The molecule has 0 radical (unpaired) electrons. The van der Waals surface area contributed by atoms with E-state index in [0.29, 0.717) is 18.0 Å². The topological polar surface area (TPSA) is 91.7 Å². The number of aryl methyl sites for hydroxylation is 2. The lowest BCUT2D eigenvalue weighted by Crippen LogP contribution is -2.31. The fourth-order valence-electron chi connectivity index (χ4n) is 1.93. The maximum atomic E-state index is 12.1. The van der Waals surface area contributed by atoms with Gasteiger partial charge in [0, 0.05) is 7.05 Å². The van der Waals surface area contributed by atoms with Crippen LogP contribution in [0.4, 0.5) is 5.69 Å². The van der Waals surface area contributed by atoms with E-state index in [1.807, 2.05) is 6.92 Å². The number of anilines is 1. The molecule has 2 heterocycles. The minimum absolute atomic E-state index is 0.0420. The van der Waals surface area contributed by atoms with Crippen molar-refractivity contribution in [1.29, 1.82) is 0 Å². The number of rotatable bonds is 4. The number of carbonyl (C=O) groups is 2. The van der Waals surface area contributed by atoms with Crippen LogP contribution in [0.25, 0.3) is 0 Å². The van der Waals surface area contributed by atoms with Gasteiger partial charge in [-0.15, -0.1) is 0 Å². The maximum absolute atomic E-state index is 12.1. The van der Waals surface area contributed by atoms with Crippen molar-refractivity contribution in [3.05, 3.63) is 23.4 Å². The largest absolute Gasteiger partial charge is 0.493 e. The van der Waals surface area contributed by atoms with Crippen LogP contribution < -0.4 is 5.32 Å². The highest BCUT2D eigenvalue weighted by atomic mass is 16.6. The molecule has 120 valence electrons. The Hall–Kier alpha value is -2.51. The molecular formula is C14H19N3O5. The summed E-state index contributed by atoms with van der Waals surface area (Å²) in [6.45, 7) is 5.77. The van der Waals surface area contributed by atoms with Crippen LogP contribution in [-0.2, 0) is 30.8 Å². The van der Waals surface area contributed by atoms with Crippen LogP contribution in [0.5, 0.6) is 0 Å². The first-order valence-corrected chi connectivity index (χ1v) is 6.86. The monoisotopic (exact) mass is 309 g/mol. The molecule has 0 bridgehead atoms. The maximum Gasteiger partial charge on any atom is 0.377 e. The lowest BCUT2D eigenvalue weighted by atomic mass is 10.3. The van der Waals surface area contributed by atoms with E-state index in [9.17, 15) is 9.59 Å². The number of nitrogens with zero attached hydrogens (tertiary/aromatic N) is 2. The number of hydrogen-bond acceptors (Lipinski definition) is 6. The SMILES string of the molecule is Cc1nn(C)c(C)c1NC(=O)[C@H](C)OC(=O)C1=COCCO1. The molecule has 1 atom stereocenters. The van der Waals surface area contributed by atoms with E-state index in [1.165, 1.54) is 13.2 Å². The van der Waals surface area contributed by atoms with Gasteiger partial charge in [-0.25, -0.2) is 4.79 Å². The summed E-state index contributed by atoms with van der Waals surface area (Å²) < 4.78 is 16.8. The average Bonchev–Trinajstić information content (AvgIpc) is 2.74. The second-order valence-corrected chi connectivity index (χ2v) is 4.91. The third-order valence-corrected chi connectivity index (χ3v) is 3.26. The lowest BCUT2D eigenvalue weighted by Gasteiger charge is -2.17. The zero-order valence-electron chi connectivity index (χ0n) is 13.0. The summed E-state index contributed by atoms with van der Waals surface area (Å²) in [5.74, 6) is -1.22. The molecular weight excluding hydrogens is 290 g/mol. The van der Waals surface area contributed by atoms with Crippen LogP contribution in [-0.4, -0.2) is 41.0 Å². The Balaban J connectivity index is 1.97. The Bertz CT molecular complexity index is 620. The summed E-state index contributed by atoms with van der Waals surface area (Å²) in [4.78, 5) is 23.9. The predicted molar refractivity (Wildman–Crippen MR) is 76.9 cm³/mol. The molecule has 0 aliphatic carbocycles. The summed E-state index contributed by atoms with van der Waals surface area (Å²) in [5, 5.41) is 6.92. The smallest absolute Gasteiger partial charge is 0.377 e. The van der Waals surface area contributed by atoms with Crippen molar-refractivity contribution >= 4 is 17.6 Å². The highest BCUT2D eigenvalue weighted by Gasteiger charge is 2.24. The molecule has 0 saturated heterocycles. The van der Waals surface area contributed by atoms with Crippen LogP contribution in [0.2, 0.25) is 0 Å². The van der Waals surface area contributed by atoms with Gasteiger partial charge in [-0.05, 0) is 20.8 Å². The van der Waals surface area contributed by atoms with Gasteiger partial charge >= 0.3 is 5.97 Å². The number of esters is 1. The molecule has 1 aromatic heterocycles. The van der Waals surface area contributed by atoms with E-state index >= 15 is 0 Å². The molecule has 0 aromatic carbocycles. The van der Waals surface area contributed by atoms with Crippen LogP contribution in [0.3, 0.4) is 0 Å². The van der Waals surface area contributed by atoms with Gasteiger partial charge in [-0.3, -0.25) is 9.48 Å². The predicted octanol–water partition coefficient (Wildman–Crippen LogP) is 0.795. The van der Waals surface area contributed by atoms with Crippen molar-refractivity contribution in [1.82, 2.24) is 9.78 Å². The molecule has 1 amide bonds. The highest BCUT2D eigenvalue weighted by molar-refractivity contribution is 5.97. The second-order valence-electron chi connectivity index (χ2n) is 4.91. The molecule has 0 spiro atoms. The zero-order valence-corrected chi connectivity index (χ0v) is 13.0. The molecule has 0 saturated carbocycles. The van der Waals surface area contributed by atoms with Crippen molar-refractivity contribution in [2.24, 2.45) is 7.05 Å². The molecule has 1 N–H and O–H groups in total. The number of nitrogens with one attached hydrogen (secondary N) is 1. The molecule has 8 nitrogen and oxygen atoms in total. The Morgan fingerprint density at radius 2 is 2.14 bits per heavy atom. The Labute approximate surface area is 128 Å². The van der Waals surface area contributed by atoms with Gasteiger partial charge in [0.05, 0.1) is 17.1 Å². The summed E-state index contributed by atoms with van der Waals surface area (Å²) in [5.41, 5.74) is 2.13. The molecule has 1 aliphatic rings. The quantitative estimate of drug-likeness (QED) is 0.827. The zero-order chi connectivity index (χ0) is 16.3. The minimum Gasteiger partial charge on any atom is -0.493 e. The Kier molecular flexibility index (Phi) is 4.69. The van der Waals surface area contributed by atoms with Crippen molar-refractivity contribution in [3.63, 3.8) is 0 Å². The number of ether oxygens (including phenoxy) is 3. The van der Waals surface area contributed by atoms with Gasteiger partial charge in [-0.1, -0.05) is 0 Å². The van der Waals surface area contributed by atoms with E-state index in [0.717, 1.165) is 5.69 Å². The molecule has 0 unspecified atom stereocenters. The summed E-state index contributed by atoms with van der Waals surface area (Å²) in [6, 6.07) is 0.